The first-order valence-corrected chi connectivity index (χ1v) is 7.77. The van der Waals surface area contributed by atoms with Crippen molar-refractivity contribution >= 4 is 5.91 Å². The molecule has 1 rings (SSSR count). The molecule has 118 valence electrons. The maximum atomic E-state index is 12.6. The van der Waals surface area contributed by atoms with E-state index < -0.39 is 0 Å². The lowest BCUT2D eigenvalue weighted by Gasteiger charge is -2.33. The second-order valence-electron chi connectivity index (χ2n) is 6.43. The smallest absolute Gasteiger partial charge is 0.223 e. The molecule has 0 radical (unpaired) electrons. The Labute approximate surface area is 123 Å². The predicted molar refractivity (Wildman–Crippen MR) is 80.7 cm³/mol. The van der Waals surface area contributed by atoms with Gasteiger partial charge >= 0.3 is 0 Å². The highest BCUT2D eigenvalue weighted by Gasteiger charge is 2.34. The van der Waals surface area contributed by atoms with Crippen molar-refractivity contribution in [1.29, 1.82) is 0 Å². The zero-order chi connectivity index (χ0) is 15.2. The van der Waals surface area contributed by atoms with Gasteiger partial charge in [-0.3, -0.25) is 4.79 Å². The maximum absolute atomic E-state index is 12.6. The van der Waals surface area contributed by atoms with Gasteiger partial charge in [0.15, 0.2) is 0 Å². The molecule has 0 N–H and O–H groups in total. The molecule has 0 bridgehead atoms. The number of rotatable bonds is 8. The van der Waals surface area contributed by atoms with Crippen molar-refractivity contribution in [2.45, 2.75) is 65.0 Å². The van der Waals surface area contributed by atoms with Crippen LogP contribution in [0, 0.1) is 5.41 Å². The van der Waals surface area contributed by atoms with E-state index in [4.69, 9.17) is 9.47 Å². The normalized spacial score (nSPS) is 23.6. The zero-order valence-corrected chi connectivity index (χ0v) is 13.8. The van der Waals surface area contributed by atoms with Gasteiger partial charge in [0.1, 0.15) is 0 Å². The molecule has 4 heteroatoms. The van der Waals surface area contributed by atoms with E-state index in [1.54, 1.807) is 14.2 Å². The van der Waals surface area contributed by atoms with E-state index in [-0.39, 0.29) is 23.5 Å². The second kappa shape index (κ2) is 7.99. The van der Waals surface area contributed by atoms with Gasteiger partial charge in [-0.2, -0.15) is 0 Å². The predicted octanol–water partition coefficient (Wildman–Crippen LogP) is 2.86. The molecule has 3 unspecified atom stereocenters. The monoisotopic (exact) mass is 285 g/mol. The highest BCUT2D eigenvalue weighted by Crippen LogP contribution is 2.34. The van der Waals surface area contributed by atoms with E-state index in [2.05, 4.69) is 20.8 Å². The second-order valence-corrected chi connectivity index (χ2v) is 6.43. The van der Waals surface area contributed by atoms with Crippen molar-refractivity contribution in [3.63, 3.8) is 0 Å². The minimum absolute atomic E-state index is 0.0206. The van der Waals surface area contributed by atoms with Crippen molar-refractivity contribution in [2.24, 2.45) is 5.41 Å². The van der Waals surface area contributed by atoms with Gasteiger partial charge in [-0.25, -0.2) is 0 Å². The van der Waals surface area contributed by atoms with Gasteiger partial charge in [-0.1, -0.05) is 20.3 Å². The standard InChI is InChI=1S/C16H31NO3/c1-6-16(3,10-13(2)20-5)11-15(18)17-9-7-8-14(17)12-19-4/h13-14H,6-12H2,1-5H3. The number of hydrogen-bond donors (Lipinski definition) is 0. The van der Waals surface area contributed by atoms with E-state index in [0.717, 1.165) is 32.2 Å². The van der Waals surface area contributed by atoms with E-state index in [1.807, 2.05) is 4.90 Å². The molecule has 0 aliphatic carbocycles. The molecule has 0 spiro atoms. The first-order valence-electron chi connectivity index (χ1n) is 7.77. The molecule has 20 heavy (non-hydrogen) atoms. The molecule has 1 saturated heterocycles. The fourth-order valence-corrected chi connectivity index (χ4v) is 3.12. The molecule has 4 nitrogen and oxygen atoms in total. The van der Waals surface area contributed by atoms with Crippen LogP contribution in [0.4, 0.5) is 0 Å². The highest BCUT2D eigenvalue weighted by atomic mass is 16.5. The maximum Gasteiger partial charge on any atom is 0.223 e. The minimum Gasteiger partial charge on any atom is -0.383 e. The first kappa shape index (κ1) is 17.4. The van der Waals surface area contributed by atoms with Gasteiger partial charge in [0.25, 0.3) is 0 Å². The number of ether oxygens (including phenoxy) is 2. The Morgan fingerprint density at radius 3 is 2.70 bits per heavy atom. The summed E-state index contributed by atoms with van der Waals surface area (Å²) in [5.74, 6) is 0.275. The van der Waals surface area contributed by atoms with Gasteiger partial charge in [0, 0.05) is 27.2 Å². The topological polar surface area (TPSA) is 38.8 Å². The van der Waals surface area contributed by atoms with Crippen LogP contribution in [0.2, 0.25) is 0 Å². The van der Waals surface area contributed by atoms with Crippen molar-refractivity contribution in [1.82, 2.24) is 4.90 Å². The summed E-state index contributed by atoms with van der Waals surface area (Å²) in [4.78, 5) is 14.6. The van der Waals surface area contributed by atoms with Crippen molar-refractivity contribution in [3.8, 4) is 0 Å². The largest absolute Gasteiger partial charge is 0.383 e. The number of carbonyl (C=O) groups excluding carboxylic acids is 1. The molecular formula is C16H31NO3. The molecule has 0 aromatic heterocycles. The van der Waals surface area contributed by atoms with Gasteiger partial charge in [-0.05, 0) is 31.6 Å². The van der Waals surface area contributed by atoms with Gasteiger partial charge in [-0.15, -0.1) is 0 Å². The lowest BCUT2D eigenvalue weighted by atomic mass is 9.78. The van der Waals surface area contributed by atoms with Crippen molar-refractivity contribution in [2.75, 3.05) is 27.4 Å². The number of methoxy groups -OCH3 is 2. The van der Waals surface area contributed by atoms with E-state index in [1.165, 1.54) is 0 Å². The number of amides is 1. The molecule has 1 fully saturated rings. The Hall–Kier alpha value is -0.610. The summed E-state index contributed by atoms with van der Waals surface area (Å²) in [6.45, 7) is 7.96. The summed E-state index contributed by atoms with van der Waals surface area (Å²) >= 11 is 0. The average molecular weight is 285 g/mol. The third-order valence-corrected chi connectivity index (χ3v) is 4.67. The number of carbonyl (C=O) groups is 1. The summed E-state index contributed by atoms with van der Waals surface area (Å²) in [7, 11) is 3.44. The molecule has 0 aromatic carbocycles. The SMILES string of the molecule is CCC(C)(CC(=O)N1CCCC1COC)CC(C)OC. The van der Waals surface area contributed by atoms with E-state index in [0.29, 0.717) is 13.0 Å². The van der Waals surface area contributed by atoms with Crippen LogP contribution in [0.3, 0.4) is 0 Å². The molecule has 0 saturated carbocycles. The lowest BCUT2D eigenvalue weighted by Crippen LogP contribution is -2.40. The fourth-order valence-electron chi connectivity index (χ4n) is 3.12. The van der Waals surface area contributed by atoms with Crippen LogP contribution in [0.15, 0.2) is 0 Å². The van der Waals surface area contributed by atoms with Crippen LogP contribution >= 0.6 is 0 Å². The lowest BCUT2D eigenvalue weighted by molar-refractivity contribution is -0.135. The summed E-state index contributed by atoms with van der Waals surface area (Å²) in [6, 6.07) is 0.272. The van der Waals surface area contributed by atoms with Crippen LogP contribution in [-0.2, 0) is 14.3 Å². The van der Waals surface area contributed by atoms with Crippen LogP contribution in [-0.4, -0.2) is 50.3 Å². The van der Waals surface area contributed by atoms with Gasteiger partial charge in [0.05, 0.1) is 18.8 Å². The summed E-state index contributed by atoms with van der Waals surface area (Å²) in [6.07, 6.45) is 4.89. The average Bonchev–Trinajstić information content (AvgIpc) is 2.87. The van der Waals surface area contributed by atoms with Crippen LogP contribution < -0.4 is 0 Å². The minimum atomic E-state index is 0.0206. The van der Waals surface area contributed by atoms with Gasteiger partial charge < -0.3 is 14.4 Å². The van der Waals surface area contributed by atoms with E-state index >= 15 is 0 Å². The fraction of sp³-hybridized carbons (Fsp3) is 0.938. The first-order chi connectivity index (χ1) is 9.45. The Bertz CT molecular complexity index is 308. The molecule has 1 heterocycles. The Balaban J connectivity index is 2.62. The third kappa shape index (κ3) is 4.74. The van der Waals surface area contributed by atoms with Crippen LogP contribution in [0.5, 0.6) is 0 Å². The Morgan fingerprint density at radius 2 is 2.15 bits per heavy atom. The molecule has 0 aromatic rings. The highest BCUT2D eigenvalue weighted by molar-refractivity contribution is 5.77. The third-order valence-electron chi connectivity index (χ3n) is 4.67. The van der Waals surface area contributed by atoms with E-state index in [9.17, 15) is 4.79 Å². The number of nitrogens with zero attached hydrogens (tertiary/aromatic N) is 1. The summed E-state index contributed by atoms with van der Waals surface area (Å²) in [5, 5.41) is 0. The summed E-state index contributed by atoms with van der Waals surface area (Å²) in [5.41, 5.74) is 0.0206. The summed E-state index contributed by atoms with van der Waals surface area (Å²) < 4.78 is 10.6. The molecule has 3 atom stereocenters. The molecule has 1 aliphatic rings. The molecule has 1 amide bonds. The van der Waals surface area contributed by atoms with Crippen LogP contribution in [0.25, 0.3) is 0 Å². The Morgan fingerprint density at radius 1 is 1.45 bits per heavy atom. The molecular weight excluding hydrogens is 254 g/mol. The number of hydrogen-bond acceptors (Lipinski definition) is 3. The van der Waals surface area contributed by atoms with Crippen molar-refractivity contribution in [3.05, 3.63) is 0 Å². The van der Waals surface area contributed by atoms with Crippen molar-refractivity contribution < 1.29 is 14.3 Å². The van der Waals surface area contributed by atoms with Crippen LogP contribution in [0.1, 0.15) is 52.9 Å². The van der Waals surface area contributed by atoms with Gasteiger partial charge in [0.2, 0.25) is 5.91 Å². The Kier molecular flexibility index (Phi) is 6.96. The zero-order valence-electron chi connectivity index (χ0n) is 13.8. The molecule has 1 aliphatic heterocycles. The number of likely N-dealkylation sites (tertiary alicyclic amines) is 1. The quantitative estimate of drug-likeness (QED) is 0.688.